The lowest BCUT2D eigenvalue weighted by Crippen LogP contribution is -2.47. The maximum Gasteiger partial charge on any atom is 0.232 e. The van der Waals surface area contributed by atoms with E-state index in [0.717, 1.165) is 18.0 Å². The minimum Gasteiger partial charge on any atom is -0.306 e. The van der Waals surface area contributed by atoms with Crippen molar-refractivity contribution in [1.82, 2.24) is 9.88 Å². The van der Waals surface area contributed by atoms with Gasteiger partial charge in [-0.3, -0.25) is 4.79 Å². The predicted octanol–water partition coefficient (Wildman–Crippen LogP) is 3.48. The van der Waals surface area contributed by atoms with Crippen LogP contribution in [0.3, 0.4) is 0 Å². The van der Waals surface area contributed by atoms with E-state index in [2.05, 4.69) is 22.2 Å². The summed E-state index contributed by atoms with van der Waals surface area (Å²) in [4.78, 5) is 20.5. The number of nitrogens with one attached hydrogen (secondary N) is 1. The molecule has 0 bridgehead atoms. The molecule has 1 fully saturated rings. The Balaban J connectivity index is 1.85. The van der Waals surface area contributed by atoms with E-state index in [9.17, 15) is 9.18 Å². The van der Waals surface area contributed by atoms with Crippen LogP contribution in [0.4, 0.5) is 9.52 Å². The summed E-state index contributed by atoms with van der Waals surface area (Å²) in [6.07, 6.45) is 3.60. The quantitative estimate of drug-likeness (QED) is 0.921. The van der Waals surface area contributed by atoms with Gasteiger partial charge in [-0.05, 0) is 58.0 Å². The molecule has 0 radical (unpaired) electrons. The Morgan fingerprint density at radius 1 is 1.38 bits per heavy atom. The van der Waals surface area contributed by atoms with E-state index in [1.165, 1.54) is 17.4 Å². The first-order chi connectivity index (χ1) is 11.5. The Bertz CT molecular complexity index is 723. The molecular weight excluding hydrogens is 325 g/mol. The van der Waals surface area contributed by atoms with E-state index < -0.39 is 5.41 Å². The minimum atomic E-state index is -0.589. The monoisotopic (exact) mass is 347 g/mol. The summed E-state index contributed by atoms with van der Waals surface area (Å²) in [6.45, 7) is 3.62. The molecule has 1 aromatic heterocycles. The second kappa shape index (κ2) is 6.99. The number of rotatable bonds is 4. The van der Waals surface area contributed by atoms with Crippen LogP contribution < -0.4 is 5.32 Å². The van der Waals surface area contributed by atoms with Crippen LogP contribution in [-0.2, 0) is 11.2 Å². The van der Waals surface area contributed by atoms with E-state index in [1.54, 1.807) is 18.3 Å². The van der Waals surface area contributed by atoms with Gasteiger partial charge in [0.15, 0.2) is 5.13 Å². The summed E-state index contributed by atoms with van der Waals surface area (Å²) < 4.78 is 14.1. The van der Waals surface area contributed by atoms with Crippen LogP contribution in [-0.4, -0.2) is 35.9 Å². The molecule has 0 atom stereocenters. The van der Waals surface area contributed by atoms with Crippen LogP contribution in [0.15, 0.2) is 30.5 Å². The van der Waals surface area contributed by atoms with E-state index in [-0.39, 0.29) is 11.7 Å². The maximum absolute atomic E-state index is 14.1. The van der Waals surface area contributed by atoms with Gasteiger partial charge in [-0.15, -0.1) is 11.3 Å². The fraction of sp³-hybridized carbons (Fsp3) is 0.444. The molecule has 128 valence electrons. The average Bonchev–Trinajstić information content (AvgIpc) is 2.97. The van der Waals surface area contributed by atoms with Crippen LogP contribution in [0.2, 0.25) is 0 Å². The molecule has 2 aromatic rings. The zero-order valence-corrected chi connectivity index (χ0v) is 14.8. The summed E-state index contributed by atoms with van der Waals surface area (Å²) >= 11 is 1.46. The largest absolute Gasteiger partial charge is 0.306 e. The van der Waals surface area contributed by atoms with Gasteiger partial charge < -0.3 is 10.2 Å². The second-order valence-corrected chi connectivity index (χ2v) is 7.82. The van der Waals surface area contributed by atoms with Crippen LogP contribution in [0.25, 0.3) is 0 Å². The van der Waals surface area contributed by atoms with Gasteiger partial charge in [0.1, 0.15) is 5.82 Å². The Morgan fingerprint density at radius 3 is 2.71 bits per heavy atom. The molecule has 2 heterocycles. The number of nitrogens with zero attached hydrogens (tertiary/aromatic N) is 2. The Hall–Kier alpha value is -1.79. The highest BCUT2D eigenvalue weighted by molar-refractivity contribution is 7.15. The molecule has 1 aliphatic rings. The molecule has 0 spiro atoms. The fourth-order valence-corrected chi connectivity index (χ4v) is 3.84. The number of aryl methyl sites for hydroxylation is 1. The maximum atomic E-state index is 14.1. The third-order valence-corrected chi connectivity index (χ3v) is 5.58. The first kappa shape index (κ1) is 17.0. The molecule has 24 heavy (non-hydrogen) atoms. The fourth-order valence-electron chi connectivity index (χ4n) is 3.18. The van der Waals surface area contributed by atoms with Gasteiger partial charge in [-0.2, -0.15) is 0 Å². The second-order valence-electron chi connectivity index (χ2n) is 6.58. The van der Waals surface area contributed by atoms with Crippen molar-refractivity contribution in [3.05, 3.63) is 46.7 Å². The molecule has 0 saturated carbocycles. The van der Waals surface area contributed by atoms with Gasteiger partial charge in [0, 0.05) is 11.1 Å². The minimum absolute atomic E-state index is 0.0480. The summed E-state index contributed by atoms with van der Waals surface area (Å²) in [6, 6.07) is 6.73. The Morgan fingerprint density at radius 2 is 2.08 bits per heavy atom. The highest BCUT2D eigenvalue weighted by atomic mass is 32.1. The molecular formula is C18H22FN3OS. The number of hydrogen-bond acceptors (Lipinski definition) is 4. The number of amides is 1. The zero-order chi connectivity index (χ0) is 17.2. The molecule has 1 aliphatic heterocycles. The van der Waals surface area contributed by atoms with Crippen LogP contribution in [0, 0.1) is 18.2 Å². The number of carbonyl (C=O) groups excluding carboxylic acids is 1. The van der Waals surface area contributed by atoms with Gasteiger partial charge in [0.25, 0.3) is 0 Å². The first-order valence-corrected chi connectivity index (χ1v) is 8.96. The van der Waals surface area contributed by atoms with Crippen molar-refractivity contribution >= 4 is 22.4 Å². The van der Waals surface area contributed by atoms with Crippen molar-refractivity contribution in [1.29, 1.82) is 0 Å². The van der Waals surface area contributed by atoms with Gasteiger partial charge in [0.05, 0.1) is 5.41 Å². The van der Waals surface area contributed by atoms with Crippen molar-refractivity contribution in [2.45, 2.75) is 26.2 Å². The number of carbonyl (C=O) groups is 1. The topological polar surface area (TPSA) is 45.2 Å². The smallest absolute Gasteiger partial charge is 0.232 e. The number of benzene rings is 1. The summed E-state index contributed by atoms with van der Waals surface area (Å²) in [5.41, 5.74) is 0.0152. The number of aromatic nitrogens is 1. The van der Waals surface area contributed by atoms with Crippen molar-refractivity contribution in [2.24, 2.45) is 5.41 Å². The van der Waals surface area contributed by atoms with Crippen molar-refractivity contribution < 1.29 is 9.18 Å². The van der Waals surface area contributed by atoms with Crippen molar-refractivity contribution in [2.75, 3.05) is 25.5 Å². The number of likely N-dealkylation sites (tertiary alicyclic amines) is 1. The highest BCUT2D eigenvalue weighted by Gasteiger charge is 2.41. The molecule has 1 amide bonds. The number of piperidine rings is 1. The lowest BCUT2D eigenvalue weighted by atomic mass is 9.73. The number of thiazole rings is 1. The van der Waals surface area contributed by atoms with E-state index >= 15 is 0 Å². The Kier molecular flexibility index (Phi) is 4.96. The lowest BCUT2D eigenvalue weighted by Gasteiger charge is -2.39. The van der Waals surface area contributed by atoms with E-state index in [0.29, 0.717) is 30.0 Å². The van der Waals surface area contributed by atoms with Crippen molar-refractivity contribution in [3.8, 4) is 0 Å². The highest BCUT2D eigenvalue weighted by Crippen LogP contribution is 2.37. The summed E-state index contributed by atoms with van der Waals surface area (Å²) in [5.74, 6) is -0.290. The van der Waals surface area contributed by atoms with Crippen LogP contribution >= 0.6 is 11.3 Å². The average molecular weight is 347 g/mol. The third-order valence-electron chi connectivity index (χ3n) is 4.75. The zero-order valence-electron chi connectivity index (χ0n) is 14.0. The summed E-state index contributed by atoms with van der Waals surface area (Å²) in [7, 11) is 2.05. The van der Waals surface area contributed by atoms with E-state index in [4.69, 9.17) is 0 Å². The molecule has 3 rings (SSSR count). The van der Waals surface area contributed by atoms with Gasteiger partial charge in [-0.25, -0.2) is 9.37 Å². The summed E-state index contributed by atoms with van der Waals surface area (Å²) in [5, 5.41) is 3.57. The third kappa shape index (κ3) is 3.65. The normalized spacial score (nSPS) is 17.6. The van der Waals surface area contributed by atoms with Gasteiger partial charge in [0.2, 0.25) is 5.91 Å². The van der Waals surface area contributed by atoms with Crippen LogP contribution in [0.1, 0.15) is 23.3 Å². The molecule has 4 nitrogen and oxygen atoms in total. The molecule has 1 aromatic carbocycles. The molecule has 1 saturated heterocycles. The SMILES string of the molecule is Cc1cnc(NC(=O)C2(Cc3ccccc3F)CCN(C)CC2)s1. The van der Waals surface area contributed by atoms with Crippen molar-refractivity contribution in [3.63, 3.8) is 0 Å². The number of anilines is 1. The molecule has 0 unspecified atom stereocenters. The van der Waals surface area contributed by atoms with E-state index in [1.807, 2.05) is 13.0 Å². The predicted molar refractivity (Wildman–Crippen MR) is 94.7 cm³/mol. The lowest BCUT2D eigenvalue weighted by molar-refractivity contribution is -0.128. The van der Waals surface area contributed by atoms with Crippen LogP contribution in [0.5, 0.6) is 0 Å². The molecule has 1 N–H and O–H groups in total. The van der Waals surface area contributed by atoms with Gasteiger partial charge in [-0.1, -0.05) is 18.2 Å². The standard InChI is InChI=1S/C18H22FN3OS/c1-13-12-20-17(24-13)21-16(23)18(7-9-22(2)10-8-18)11-14-5-3-4-6-15(14)19/h3-6,12H,7-11H2,1-2H3,(H,20,21,23). The number of halogens is 1. The molecule has 6 heteroatoms. The first-order valence-electron chi connectivity index (χ1n) is 8.14. The Labute approximate surface area is 145 Å². The molecule has 0 aliphatic carbocycles. The number of hydrogen-bond donors (Lipinski definition) is 1. The van der Waals surface area contributed by atoms with Gasteiger partial charge >= 0.3 is 0 Å².